The summed E-state index contributed by atoms with van der Waals surface area (Å²) in [6.45, 7) is 1.85. The number of aliphatic hydroxyl groups excluding tert-OH is 1. The molecule has 2 N–H and O–H groups in total. The SMILES string of the molecule is O=C(Nc1ccccc1COc1ccccc1)N1CCCC(CO)C1. The predicted molar refractivity (Wildman–Crippen MR) is 97.6 cm³/mol. The van der Waals surface area contributed by atoms with Gasteiger partial charge in [0.2, 0.25) is 0 Å². The highest BCUT2D eigenvalue weighted by Gasteiger charge is 2.23. The maximum absolute atomic E-state index is 12.5. The van der Waals surface area contributed by atoms with Crippen LogP contribution in [0.15, 0.2) is 54.6 Å². The van der Waals surface area contributed by atoms with E-state index in [1.54, 1.807) is 4.90 Å². The van der Waals surface area contributed by atoms with Crippen LogP contribution in [-0.4, -0.2) is 35.7 Å². The third-order valence-corrected chi connectivity index (χ3v) is 4.46. The Morgan fingerprint density at radius 1 is 1.16 bits per heavy atom. The first-order valence-corrected chi connectivity index (χ1v) is 8.69. The number of nitrogens with zero attached hydrogens (tertiary/aromatic N) is 1. The fraction of sp³-hybridized carbons (Fsp3) is 0.350. The second-order valence-corrected chi connectivity index (χ2v) is 6.33. The number of nitrogens with one attached hydrogen (secondary N) is 1. The second-order valence-electron chi connectivity index (χ2n) is 6.33. The maximum Gasteiger partial charge on any atom is 0.321 e. The molecule has 2 aromatic rings. The molecule has 1 saturated heterocycles. The van der Waals surface area contributed by atoms with Crippen LogP contribution in [0.3, 0.4) is 0 Å². The fourth-order valence-corrected chi connectivity index (χ4v) is 3.04. The lowest BCUT2D eigenvalue weighted by Crippen LogP contribution is -2.43. The van der Waals surface area contributed by atoms with Gasteiger partial charge in [0, 0.05) is 30.9 Å². The van der Waals surface area contributed by atoms with Gasteiger partial charge < -0.3 is 20.1 Å². The van der Waals surface area contributed by atoms with E-state index >= 15 is 0 Å². The summed E-state index contributed by atoms with van der Waals surface area (Å²) in [4.78, 5) is 14.3. The molecule has 1 atom stereocenters. The molecule has 5 heteroatoms. The number of amides is 2. The van der Waals surface area contributed by atoms with Crippen LogP contribution in [0.1, 0.15) is 18.4 Å². The number of anilines is 1. The zero-order chi connectivity index (χ0) is 17.5. The molecule has 0 aromatic heterocycles. The Bertz CT molecular complexity index is 690. The van der Waals surface area contributed by atoms with E-state index in [1.807, 2.05) is 54.6 Å². The summed E-state index contributed by atoms with van der Waals surface area (Å²) < 4.78 is 5.80. The van der Waals surface area contributed by atoms with E-state index in [-0.39, 0.29) is 18.6 Å². The summed E-state index contributed by atoms with van der Waals surface area (Å²) in [5, 5.41) is 12.3. The molecular formula is C20H24N2O3. The Morgan fingerprint density at radius 2 is 1.92 bits per heavy atom. The summed E-state index contributed by atoms with van der Waals surface area (Å²) in [5.74, 6) is 0.974. The van der Waals surface area contributed by atoms with E-state index < -0.39 is 0 Å². The fourth-order valence-electron chi connectivity index (χ4n) is 3.04. The molecule has 1 unspecified atom stereocenters. The molecule has 0 radical (unpaired) electrons. The van der Waals surface area contributed by atoms with Gasteiger partial charge in [-0.3, -0.25) is 0 Å². The molecule has 0 aliphatic carbocycles. The molecule has 25 heavy (non-hydrogen) atoms. The van der Waals surface area contributed by atoms with Gasteiger partial charge >= 0.3 is 6.03 Å². The number of carbonyl (C=O) groups is 1. The van der Waals surface area contributed by atoms with Gasteiger partial charge in [-0.05, 0) is 37.0 Å². The molecule has 2 amide bonds. The highest BCUT2D eigenvalue weighted by molar-refractivity contribution is 5.90. The Hall–Kier alpha value is -2.53. The third-order valence-electron chi connectivity index (χ3n) is 4.46. The number of para-hydroxylation sites is 2. The van der Waals surface area contributed by atoms with Crippen molar-refractivity contribution in [2.75, 3.05) is 25.0 Å². The standard InChI is InChI=1S/C20H24N2O3/c23-14-16-7-6-12-22(13-16)20(24)21-19-11-5-4-8-17(19)15-25-18-9-2-1-3-10-18/h1-5,8-11,16,23H,6-7,12-15H2,(H,21,24). The predicted octanol–water partition coefficient (Wildman–Crippen LogP) is 3.50. The van der Waals surface area contributed by atoms with Crippen molar-refractivity contribution in [3.05, 3.63) is 60.2 Å². The van der Waals surface area contributed by atoms with Crippen molar-refractivity contribution in [2.45, 2.75) is 19.4 Å². The summed E-state index contributed by atoms with van der Waals surface area (Å²) in [6.07, 6.45) is 1.90. The van der Waals surface area contributed by atoms with Gasteiger partial charge in [0.25, 0.3) is 0 Å². The average molecular weight is 340 g/mol. The van der Waals surface area contributed by atoms with E-state index in [9.17, 15) is 9.90 Å². The molecule has 1 aliphatic rings. The van der Waals surface area contributed by atoms with Crippen molar-refractivity contribution in [1.29, 1.82) is 0 Å². The Labute approximate surface area is 148 Å². The molecule has 1 heterocycles. The molecular weight excluding hydrogens is 316 g/mol. The lowest BCUT2D eigenvalue weighted by Gasteiger charge is -2.32. The van der Waals surface area contributed by atoms with Gasteiger partial charge in [-0.1, -0.05) is 36.4 Å². The van der Waals surface area contributed by atoms with Crippen LogP contribution in [0.4, 0.5) is 10.5 Å². The van der Waals surface area contributed by atoms with Crippen molar-refractivity contribution in [3.63, 3.8) is 0 Å². The van der Waals surface area contributed by atoms with Crippen LogP contribution < -0.4 is 10.1 Å². The zero-order valence-electron chi connectivity index (χ0n) is 14.2. The number of likely N-dealkylation sites (tertiary alicyclic amines) is 1. The highest BCUT2D eigenvalue weighted by Crippen LogP contribution is 2.21. The smallest absolute Gasteiger partial charge is 0.321 e. The van der Waals surface area contributed by atoms with E-state index in [4.69, 9.17) is 4.74 Å². The summed E-state index contributed by atoms with van der Waals surface area (Å²) >= 11 is 0. The zero-order valence-corrected chi connectivity index (χ0v) is 14.2. The number of ether oxygens (including phenoxy) is 1. The lowest BCUT2D eigenvalue weighted by atomic mass is 9.99. The minimum atomic E-state index is -0.120. The molecule has 1 aliphatic heterocycles. The Kier molecular flexibility index (Phi) is 5.90. The minimum Gasteiger partial charge on any atom is -0.489 e. The van der Waals surface area contributed by atoms with Crippen molar-refractivity contribution >= 4 is 11.7 Å². The second kappa shape index (κ2) is 8.53. The normalized spacial score (nSPS) is 17.2. The molecule has 1 fully saturated rings. The number of hydrogen-bond donors (Lipinski definition) is 2. The number of hydrogen-bond acceptors (Lipinski definition) is 3. The number of aliphatic hydroxyl groups is 1. The summed E-state index contributed by atoms with van der Waals surface area (Å²) in [5.41, 5.74) is 1.69. The first-order valence-electron chi connectivity index (χ1n) is 8.69. The topological polar surface area (TPSA) is 61.8 Å². The van der Waals surface area contributed by atoms with Crippen LogP contribution in [0, 0.1) is 5.92 Å². The van der Waals surface area contributed by atoms with Gasteiger partial charge in [-0.25, -0.2) is 4.79 Å². The van der Waals surface area contributed by atoms with Crippen LogP contribution in [0.2, 0.25) is 0 Å². The van der Waals surface area contributed by atoms with E-state index in [0.29, 0.717) is 13.2 Å². The van der Waals surface area contributed by atoms with E-state index in [0.717, 1.165) is 36.4 Å². The van der Waals surface area contributed by atoms with Gasteiger partial charge in [0.1, 0.15) is 12.4 Å². The van der Waals surface area contributed by atoms with Gasteiger partial charge in [-0.15, -0.1) is 0 Å². The van der Waals surface area contributed by atoms with Crippen molar-refractivity contribution in [3.8, 4) is 5.75 Å². The van der Waals surface area contributed by atoms with Crippen molar-refractivity contribution in [2.24, 2.45) is 5.92 Å². The summed E-state index contributed by atoms with van der Waals surface area (Å²) in [6, 6.07) is 17.2. The molecule has 132 valence electrons. The number of piperidine rings is 1. The third kappa shape index (κ3) is 4.73. The Balaban J connectivity index is 1.63. The van der Waals surface area contributed by atoms with Crippen LogP contribution in [0.5, 0.6) is 5.75 Å². The highest BCUT2D eigenvalue weighted by atomic mass is 16.5. The summed E-state index contributed by atoms with van der Waals surface area (Å²) in [7, 11) is 0. The largest absolute Gasteiger partial charge is 0.489 e. The first-order chi connectivity index (χ1) is 12.3. The number of benzene rings is 2. The van der Waals surface area contributed by atoms with E-state index in [1.165, 1.54) is 0 Å². The number of carbonyl (C=O) groups excluding carboxylic acids is 1. The van der Waals surface area contributed by atoms with E-state index in [2.05, 4.69) is 5.32 Å². The van der Waals surface area contributed by atoms with Gasteiger partial charge in [0.15, 0.2) is 0 Å². The molecule has 2 aromatic carbocycles. The monoisotopic (exact) mass is 340 g/mol. The van der Waals surface area contributed by atoms with Crippen molar-refractivity contribution in [1.82, 2.24) is 4.90 Å². The number of urea groups is 1. The number of rotatable bonds is 5. The average Bonchev–Trinajstić information content (AvgIpc) is 2.68. The van der Waals surface area contributed by atoms with Crippen LogP contribution in [0.25, 0.3) is 0 Å². The van der Waals surface area contributed by atoms with Crippen LogP contribution >= 0.6 is 0 Å². The Morgan fingerprint density at radius 3 is 2.72 bits per heavy atom. The molecule has 0 bridgehead atoms. The quantitative estimate of drug-likeness (QED) is 0.876. The minimum absolute atomic E-state index is 0.120. The first kappa shape index (κ1) is 17.3. The molecule has 0 spiro atoms. The molecule has 5 nitrogen and oxygen atoms in total. The van der Waals surface area contributed by atoms with Gasteiger partial charge in [-0.2, -0.15) is 0 Å². The van der Waals surface area contributed by atoms with Crippen molar-refractivity contribution < 1.29 is 14.6 Å². The lowest BCUT2D eigenvalue weighted by molar-refractivity contribution is 0.136. The molecule has 0 saturated carbocycles. The maximum atomic E-state index is 12.5. The van der Waals surface area contributed by atoms with Gasteiger partial charge in [0.05, 0.1) is 0 Å². The van der Waals surface area contributed by atoms with Crippen LogP contribution in [-0.2, 0) is 6.61 Å². The molecule has 3 rings (SSSR count).